The Balaban J connectivity index is 2.96. The lowest BCUT2D eigenvalue weighted by Crippen LogP contribution is -2.27. The van der Waals surface area contributed by atoms with Crippen molar-refractivity contribution in [1.82, 2.24) is 0 Å². The van der Waals surface area contributed by atoms with Crippen LogP contribution in [0.1, 0.15) is 20.8 Å². The van der Waals surface area contributed by atoms with Crippen LogP contribution in [0.3, 0.4) is 0 Å². The minimum atomic E-state index is -0.449. The molecule has 0 atom stereocenters. The maximum Gasteiger partial charge on any atom is 0.229 e. The van der Waals surface area contributed by atoms with Crippen LogP contribution in [0.5, 0.6) is 5.75 Å². The first-order chi connectivity index (χ1) is 7.34. The highest BCUT2D eigenvalue weighted by Crippen LogP contribution is 2.28. The Morgan fingerprint density at radius 3 is 2.50 bits per heavy atom. The lowest BCUT2D eigenvalue weighted by Gasteiger charge is -2.19. The van der Waals surface area contributed by atoms with Crippen molar-refractivity contribution in [3.63, 3.8) is 0 Å². The summed E-state index contributed by atoms with van der Waals surface area (Å²) in [5.41, 5.74) is 6.40. The van der Waals surface area contributed by atoms with Gasteiger partial charge in [-0.25, -0.2) is 0 Å². The zero-order chi connectivity index (χ0) is 12.3. The molecule has 0 radical (unpaired) electrons. The van der Waals surface area contributed by atoms with Gasteiger partial charge < -0.3 is 15.8 Å². The highest BCUT2D eigenvalue weighted by Gasteiger charge is 2.22. The van der Waals surface area contributed by atoms with Crippen LogP contribution in [-0.2, 0) is 4.79 Å². The van der Waals surface area contributed by atoms with Gasteiger partial charge in [-0.3, -0.25) is 4.79 Å². The molecule has 0 saturated heterocycles. The molecule has 3 N–H and O–H groups in total. The zero-order valence-corrected chi connectivity index (χ0v) is 10.1. The Bertz CT molecular complexity index is 394. The highest BCUT2D eigenvalue weighted by molar-refractivity contribution is 5.96. The summed E-state index contributed by atoms with van der Waals surface area (Å²) in [5.74, 6) is 0.531. The van der Waals surface area contributed by atoms with E-state index in [4.69, 9.17) is 10.5 Å². The van der Waals surface area contributed by atoms with Gasteiger partial charge in [0.15, 0.2) is 0 Å². The molecule has 1 amide bonds. The summed E-state index contributed by atoms with van der Waals surface area (Å²) in [6.07, 6.45) is 0. The molecule has 4 nitrogen and oxygen atoms in total. The number of carbonyl (C=O) groups excluding carboxylic acids is 1. The molecule has 0 aliphatic carbocycles. The van der Waals surface area contributed by atoms with Crippen molar-refractivity contribution in [2.75, 3.05) is 18.2 Å². The topological polar surface area (TPSA) is 64.3 Å². The van der Waals surface area contributed by atoms with Crippen molar-refractivity contribution >= 4 is 17.3 Å². The Labute approximate surface area is 95.8 Å². The molecule has 88 valence electrons. The van der Waals surface area contributed by atoms with Gasteiger partial charge >= 0.3 is 0 Å². The van der Waals surface area contributed by atoms with Gasteiger partial charge in [-0.15, -0.1) is 0 Å². The summed E-state index contributed by atoms with van der Waals surface area (Å²) >= 11 is 0. The number of hydrogen-bond donors (Lipinski definition) is 2. The molecule has 0 heterocycles. The van der Waals surface area contributed by atoms with Gasteiger partial charge in [0.1, 0.15) is 5.75 Å². The van der Waals surface area contributed by atoms with Crippen LogP contribution in [0.2, 0.25) is 0 Å². The Morgan fingerprint density at radius 2 is 2.00 bits per heavy atom. The fourth-order valence-electron chi connectivity index (χ4n) is 1.13. The lowest BCUT2D eigenvalue weighted by atomic mass is 9.95. The molecule has 16 heavy (non-hydrogen) atoms. The van der Waals surface area contributed by atoms with Crippen LogP contribution in [0.4, 0.5) is 11.4 Å². The molecule has 0 spiro atoms. The number of carbonyl (C=O) groups is 1. The second-order valence-electron chi connectivity index (χ2n) is 4.66. The largest absolute Gasteiger partial charge is 0.495 e. The van der Waals surface area contributed by atoms with E-state index in [0.29, 0.717) is 17.1 Å². The third-order valence-electron chi connectivity index (χ3n) is 2.15. The third kappa shape index (κ3) is 2.89. The molecule has 0 aliphatic heterocycles. The molecule has 0 saturated carbocycles. The Hall–Kier alpha value is -1.71. The highest BCUT2D eigenvalue weighted by atomic mass is 16.5. The fourth-order valence-corrected chi connectivity index (χ4v) is 1.13. The van der Waals surface area contributed by atoms with Gasteiger partial charge in [-0.1, -0.05) is 20.8 Å². The van der Waals surface area contributed by atoms with Crippen molar-refractivity contribution in [1.29, 1.82) is 0 Å². The first kappa shape index (κ1) is 12.4. The van der Waals surface area contributed by atoms with E-state index < -0.39 is 5.41 Å². The smallest absolute Gasteiger partial charge is 0.229 e. The summed E-state index contributed by atoms with van der Waals surface area (Å²) in [6, 6.07) is 5.14. The SMILES string of the molecule is COc1ccc(N)cc1NC(=O)C(C)(C)C. The number of anilines is 2. The van der Waals surface area contributed by atoms with E-state index in [9.17, 15) is 4.79 Å². The van der Waals surface area contributed by atoms with Crippen LogP contribution < -0.4 is 15.8 Å². The normalized spacial score (nSPS) is 11.0. The molecular formula is C12H18N2O2. The van der Waals surface area contributed by atoms with Crippen molar-refractivity contribution in [3.8, 4) is 5.75 Å². The molecular weight excluding hydrogens is 204 g/mol. The molecule has 0 fully saturated rings. The van der Waals surface area contributed by atoms with Crippen LogP contribution in [-0.4, -0.2) is 13.0 Å². The lowest BCUT2D eigenvalue weighted by molar-refractivity contribution is -0.123. The van der Waals surface area contributed by atoms with Crippen LogP contribution in [0.15, 0.2) is 18.2 Å². The number of nitrogens with one attached hydrogen (secondary N) is 1. The summed E-state index contributed by atoms with van der Waals surface area (Å²) in [7, 11) is 1.55. The van der Waals surface area contributed by atoms with Gasteiger partial charge in [0, 0.05) is 11.1 Å². The predicted molar refractivity (Wildman–Crippen MR) is 65.5 cm³/mol. The summed E-state index contributed by atoms with van der Waals surface area (Å²) < 4.78 is 5.14. The number of nitrogen functional groups attached to an aromatic ring is 1. The number of rotatable bonds is 2. The number of amides is 1. The molecule has 0 aliphatic rings. The maximum atomic E-state index is 11.8. The number of hydrogen-bond acceptors (Lipinski definition) is 3. The van der Waals surface area contributed by atoms with E-state index in [1.165, 1.54) is 0 Å². The molecule has 1 aromatic rings. The van der Waals surface area contributed by atoms with Gasteiger partial charge in [0.05, 0.1) is 12.8 Å². The van der Waals surface area contributed by atoms with E-state index in [1.54, 1.807) is 25.3 Å². The van der Waals surface area contributed by atoms with Crippen molar-refractivity contribution in [3.05, 3.63) is 18.2 Å². The summed E-state index contributed by atoms with van der Waals surface area (Å²) in [4.78, 5) is 11.8. The standard InChI is InChI=1S/C12H18N2O2/c1-12(2,3)11(15)14-9-7-8(13)5-6-10(9)16-4/h5-7H,13H2,1-4H3,(H,14,15). The predicted octanol–water partition coefficient (Wildman–Crippen LogP) is 2.26. The number of nitrogens with two attached hydrogens (primary N) is 1. The summed E-state index contributed by atoms with van der Waals surface area (Å²) in [6.45, 7) is 5.54. The minimum Gasteiger partial charge on any atom is -0.495 e. The van der Waals surface area contributed by atoms with Crippen LogP contribution in [0.25, 0.3) is 0 Å². The second-order valence-corrected chi connectivity index (χ2v) is 4.66. The van der Waals surface area contributed by atoms with Crippen LogP contribution >= 0.6 is 0 Å². The monoisotopic (exact) mass is 222 g/mol. The average molecular weight is 222 g/mol. The maximum absolute atomic E-state index is 11.8. The van der Waals surface area contributed by atoms with E-state index in [1.807, 2.05) is 20.8 Å². The molecule has 0 bridgehead atoms. The van der Waals surface area contributed by atoms with Crippen molar-refractivity contribution in [2.45, 2.75) is 20.8 Å². The number of ether oxygens (including phenoxy) is 1. The second kappa shape index (κ2) is 4.43. The van der Waals surface area contributed by atoms with E-state index >= 15 is 0 Å². The Kier molecular flexibility index (Phi) is 3.42. The summed E-state index contributed by atoms with van der Waals surface area (Å²) in [5, 5.41) is 2.80. The first-order valence-corrected chi connectivity index (χ1v) is 5.09. The number of benzene rings is 1. The Morgan fingerprint density at radius 1 is 1.38 bits per heavy atom. The van der Waals surface area contributed by atoms with Crippen molar-refractivity contribution < 1.29 is 9.53 Å². The number of methoxy groups -OCH3 is 1. The average Bonchev–Trinajstić information content (AvgIpc) is 2.16. The fraction of sp³-hybridized carbons (Fsp3) is 0.417. The van der Waals surface area contributed by atoms with E-state index in [-0.39, 0.29) is 5.91 Å². The molecule has 1 aromatic carbocycles. The van der Waals surface area contributed by atoms with E-state index in [2.05, 4.69) is 5.32 Å². The molecule has 4 heteroatoms. The van der Waals surface area contributed by atoms with Crippen LogP contribution in [0, 0.1) is 5.41 Å². The van der Waals surface area contributed by atoms with Gasteiger partial charge in [-0.05, 0) is 18.2 Å². The minimum absolute atomic E-state index is 0.0728. The van der Waals surface area contributed by atoms with E-state index in [0.717, 1.165) is 0 Å². The third-order valence-corrected chi connectivity index (χ3v) is 2.15. The van der Waals surface area contributed by atoms with Gasteiger partial charge in [0.25, 0.3) is 0 Å². The quantitative estimate of drug-likeness (QED) is 0.754. The van der Waals surface area contributed by atoms with Crippen molar-refractivity contribution in [2.24, 2.45) is 5.41 Å². The first-order valence-electron chi connectivity index (χ1n) is 5.09. The van der Waals surface area contributed by atoms with Gasteiger partial charge in [-0.2, -0.15) is 0 Å². The van der Waals surface area contributed by atoms with Gasteiger partial charge in [0.2, 0.25) is 5.91 Å². The molecule has 0 unspecified atom stereocenters. The molecule has 1 rings (SSSR count). The zero-order valence-electron chi connectivity index (χ0n) is 10.1. The molecule has 0 aromatic heterocycles.